The van der Waals surface area contributed by atoms with Gasteiger partial charge in [0.25, 0.3) is 5.69 Å². The number of hydrogen-bond acceptors (Lipinski definition) is 4. The molecule has 3 fully saturated rings. The van der Waals surface area contributed by atoms with E-state index in [0.717, 1.165) is 44.6 Å². The summed E-state index contributed by atoms with van der Waals surface area (Å²) in [6.45, 7) is 3.54. The van der Waals surface area contributed by atoms with E-state index in [4.69, 9.17) is 0 Å². The second-order valence-electron chi connectivity index (χ2n) is 9.75. The van der Waals surface area contributed by atoms with Crippen LogP contribution in [0.5, 0.6) is 0 Å². The average molecular weight is 452 g/mol. The Balaban J connectivity index is 1.46. The summed E-state index contributed by atoms with van der Waals surface area (Å²) in [4.78, 5) is 29.2. The van der Waals surface area contributed by atoms with E-state index in [1.54, 1.807) is 24.3 Å². The lowest BCUT2D eigenvalue weighted by atomic mass is 9.82. The maximum atomic E-state index is 13.6. The van der Waals surface area contributed by atoms with Gasteiger partial charge in [0.15, 0.2) is 0 Å². The molecule has 0 N–H and O–H groups in total. The first-order valence-electron chi connectivity index (χ1n) is 12.8. The number of carbonyl (C=O) groups is 1. The highest BCUT2D eigenvalue weighted by atomic mass is 16.6. The lowest BCUT2D eigenvalue weighted by Crippen LogP contribution is -2.52. The van der Waals surface area contributed by atoms with Crippen LogP contribution < -0.4 is 0 Å². The Labute approximate surface area is 197 Å². The lowest BCUT2D eigenvalue weighted by Gasteiger charge is -2.41. The zero-order valence-electron chi connectivity index (χ0n) is 19.7. The Morgan fingerprint density at radius 1 is 0.909 bits per heavy atom. The first kappa shape index (κ1) is 23.7. The van der Waals surface area contributed by atoms with Crippen LogP contribution in [0.3, 0.4) is 0 Å². The van der Waals surface area contributed by atoms with Crippen LogP contribution in [-0.4, -0.2) is 52.9 Å². The number of amides is 1. The van der Waals surface area contributed by atoms with Gasteiger partial charge in [0.1, 0.15) is 0 Å². The fourth-order valence-corrected chi connectivity index (χ4v) is 5.76. The molecule has 0 aromatic heterocycles. The molecule has 1 aromatic rings. The normalized spacial score (nSPS) is 22.1. The molecule has 1 saturated heterocycles. The summed E-state index contributed by atoms with van der Waals surface area (Å²) in [5.74, 6) is 0.454. The van der Waals surface area contributed by atoms with Crippen molar-refractivity contribution in [2.45, 2.75) is 70.3 Å². The van der Waals surface area contributed by atoms with E-state index in [9.17, 15) is 14.9 Å². The molecule has 1 aliphatic heterocycles. The van der Waals surface area contributed by atoms with Gasteiger partial charge in [-0.1, -0.05) is 62.8 Å². The van der Waals surface area contributed by atoms with Gasteiger partial charge in [-0.3, -0.25) is 19.8 Å². The molecule has 178 valence electrons. The van der Waals surface area contributed by atoms with E-state index in [-0.39, 0.29) is 22.4 Å². The third kappa shape index (κ3) is 6.11. The van der Waals surface area contributed by atoms with Crippen molar-refractivity contribution >= 4 is 17.7 Å². The molecule has 0 unspecified atom stereocenters. The van der Waals surface area contributed by atoms with Crippen LogP contribution in [0, 0.1) is 16.0 Å². The van der Waals surface area contributed by atoms with Crippen LogP contribution in [0.25, 0.3) is 6.08 Å². The van der Waals surface area contributed by atoms with Gasteiger partial charge in [0.05, 0.1) is 10.5 Å². The van der Waals surface area contributed by atoms with Gasteiger partial charge in [0.2, 0.25) is 5.91 Å². The van der Waals surface area contributed by atoms with Crippen LogP contribution in [0.4, 0.5) is 5.69 Å². The maximum Gasteiger partial charge on any atom is 0.276 e. The summed E-state index contributed by atoms with van der Waals surface area (Å²) in [7, 11) is 0. The largest absolute Gasteiger partial charge is 0.336 e. The zero-order valence-corrected chi connectivity index (χ0v) is 19.7. The van der Waals surface area contributed by atoms with Crippen molar-refractivity contribution in [3.8, 4) is 0 Å². The van der Waals surface area contributed by atoms with Gasteiger partial charge in [-0.05, 0) is 43.7 Å². The molecular formula is C27H37N3O3. The Hall–Kier alpha value is -2.47. The number of allylic oxidation sites excluding steroid dienone is 2. The maximum absolute atomic E-state index is 13.6. The van der Waals surface area contributed by atoms with Gasteiger partial charge in [-0.2, -0.15) is 0 Å². The molecule has 0 radical (unpaired) electrons. The second-order valence-corrected chi connectivity index (χ2v) is 9.75. The summed E-state index contributed by atoms with van der Waals surface area (Å²) < 4.78 is 0. The van der Waals surface area contributed by atoms with Gasteiger partial charge in [0, 0.05) is 43.9 Å². The Kier molecular flexibility index (Phi) is 8.32. The van der Waals surface area contributed by atoms with Crippen LogP contribution in [0.1, 0.15) is 69.8 Å². The molecule has 3 aliphatic rings. The first-order chi connectivity index (χ1) is 16.1. The van der Waals surface area contributed by atoms with Crippen molar-refractivity contribution < 1.29 is 9.72 Å². The fourth-order valence-electron chi connectivity index (χ4n) is 5.76. The fraction of sp³-hybridized carbons (Fsp3) is 0.593. The molecule has 1 heterocycles. The van der Waals surface area contributed by atoms with E-state index in [0.29, 0.717) is 11.6 Å². The van der Waals surface area contributed by atoms with E-state index >= 15 is 0 Å². The van der Waals surface area contributed by atoms with Gasteiger partial charge in [-0.25, -0.2) is 0 Å². The van der Waals surface area contributed by atoms with Gasteiger partial charge < -0.3 is 4.90 Å². The average Bonchev–Trinajstić information content (AvgIpc) is 2.87. The van der Waals surface area contributed by atoms with E-state index in [2.05, 4.69) is 4.90 Å². The number of nitrogens with zero attached hydrogens (tertiary/aromatic N) is 3. The smallest absolute Gasteiger partial charge is 0.276 e. The number of rotatable bonds is 6. The molecular weight excluding hydrogens is 414 g/mol. The first-order valence-corrected chi connectivity index (χ1v) is 12.8. The molecule has 2 aliphatic carbocycles. The predicted octanol–water partition coefficient (Wildman–Crippen LogP) is 5.59. The van der Waals surface area contributed by atoms with Crippen molar-refractivity contribution in [1.29, 1.82) is 0 Å². The second kappa shape index (κ2) is 11.6. The number of piperazine rings is 1. The van der Waals surface area contributed by atoms with E-state index in [1.165, 1.54) is 57.4 Å². The van der Waals surface area contributed by atoms with Crippen molar-refractivity contribution in [2.75, 3.05) is 26.2 Å². The number of benzene rings is 1. The summed E-state index contributed by atoms with van der Waals surface area (Å²) in [5.41, 5.74) is 1.54. The molecule has 4 rings (SSSR count). The van der Waals surface area contributed by atoms with E-state index < -0.39 is 0 Å². The highest BCUT2D eigenvalue weighted by Crippen LogP contribution is 2.32. The van der Waals surface area contributed by atoms with Crippen molar-refractivity contribution in [1.82, 2.24) is 9.80 Å². The minimum Gasteiger partial charge on any atom is -0.336 e. The Morgan fingerprint density at radius 2 is 1.55 bits per heavy atom. The third-order valence-electron chi connectivity index (χ3n) is 7.67. The summed E-state index contributed by atoms with van der Waals surface area (Å²) in [6.07, 6.45) is 17.9. The molecule has 0 bridgehead atoms. The molecule has 6 heteroatoms. The van der Waals surface area contributed by atoms with E-state index in [1.807, 2.05) is 17.1 Å². The molecule has 33 heavy (non-hydrogen) atoms. The standard InChI is InChI=1S/C27H37N3O3/c31-27(29-20-18-28(19-21-29)24-14-5-2-6-15-24)25(22-10-3-1-4-11-22)16-9-13-23-12-7-8-17-26(23)30(32)33/h7-9,12-13,16-17,22,24H,1-6,10-11,14-15,18-21H2. The number of para-hydroxylation sites is 1. The summed E-state index contributed by atoms with van der Waals surface area (Å²) in [5, 5.41) is 11.3. The molecule has 0 spiro atoms. The van der Waals surface area contributed by atoms with Crippen LogP contribution in [-0.2, 0) is 4.79 Å². The summed E-state index contributed by atoms with van der Waals surface area (Å²) in [6, 6.07) is 7.44. The SMILES string of the molecule is O=C(C(=CC=Cc1ccccc1[N+](=O)[O-])C1CCCCC1)N1CCN(C2CCCCC2)CC1. The van der Waals surface area contributed by atoms with Crippen LogP contribution >= 0.6 is 0 Å². The van der Waals surface area contributed by atoms with Crippen molar-refractivity contribution in [3.63, 3.8) is 0 Å². The van der Waals surface area contributed by atoms with Gasteiger partial charge in [-0.15, -0.1) is 0 Å². The third-order valence-corrected chi connectivity index (χ3v) is 7.67. The highest BCUT2D eigenvalue weighted by Gasteiger charge is 2.30. The molecule has 1 amide bonds. The number of nitro groups is 1. The molecule has 1 aromatic carbocycles. The number of hydrogen-bond donors (Lipinski definition) is 0. The topological polar surface area (TPSA) is 66.7 Å². The Morgan fingerprint density at radius 3 is 2.21 bits per heavy atom. The van der Waals surface area contributed by atoms with Crippen molar-refractivity contribution in [3.05, 3.63) is 57.7 Å². The zero-order chi connectivity index (χ0) is 23.0. The Bertz CT molecular complexity index is 874. The summed E-state index contributed by atoms with van der Waals surface area (Å²) >= 11 is 0. The van der Waals surface area contributed by atoms with Crippen LogP contribution in [0.2, 0.25) is 0 Å². The molecule has 2 saturated carbocycles. The predicted molar refractivity (Wildman–Crippen MR) is 132 cm³/mol. The number of nitro benzene ring substituents is 1. The number of carbonyl (C=O) groups excluding carboxylic acids is 1. The minimum absolute atomic E-state index is 0.0894. The van der Waals surface area contributed by atoms with Crippen LogP contribution in [0.15, 0.2) is 42.0 Å². The molecule has 6 nitrogen and oxygen atoms in total. The minimum atomic E-state index is -0.359. The highest BCUT2D eigenvalue weighted by molar-refractivity contribution is 5.94. The quantitative estimate of drug-likeness (QED) is 0.245. The lowest BCUT2D eigenvalue weighted by molar-refractivity contribution is -0.385. The van der Waals surface area contributed by atoms with Gasteiger partial charge >= 0.3 is 0 Å². The molecule has 0 atom stereocenters. The monoisotopic (exact) mass is 451 g/mol. The van der Waals surface area contributed by atoms with Crippen molar-refractivity contribution in [2.24, 2.45) is 5.92 Å².